The van der Waals surface area contributed by atoms with Crippen LogP contribution >= 0.6 is 0 Å². The molecule has 1 fully saturated rings. The van der Waals surface area contributed by atoms with Crippen molar-refractivity contribution in [2.45, 2.75) is 95.9 Å². The highest BCUT2D eigenvalue weighted by Gasteiger charge is 2.51. The molecule has 12 heteroatoms. The Kier molecular flexibility index (Phi) is 9.74. The zero-order chi connectivity index (χ0) is 27.5. The predicted molar refractivity (Wildman–Crippen MR) is 131 cm³/mol. The zero-order valence-electron chi connectivity index (χ0n) is 23.0. The summed E-state index contributed by atoms with van der Waals surface area (Å²) in [6.45, 7) is 15.0. The summed E-state index contributed by atoms with van der Waals surface area (Å²) >= 11 is 0. The van der Waals surface area contributed by atoms with Crippen molar-refractivity contribution in [3.8, 4) is 0 Å². The number of carbonyl (C=O) groups is 3. The van der Waals surface area contributed by atoms with Crippen molar-refractivity contribution in [1.29, 1.82) is 0 Å². The van der Waals surface area contributed by atoms with E-state index in [-0.39, 0.29) is 23.3 Å². The van der Waals surface area contributed by atoms with E-state index in [1.165, 1.54) is 27.2 Å². The van der Waals surface area contributed by atoms with Crippen LogP contribution in [0.2, 0.25) is 18.1 Å². The first-order chi connectivity index (χ1) is 16.5. The fraction of sp³-hybridized carbons (Fsp3) is 0.792. The summed E-state index contributed by atoms with van der Waals surface area (Å²) in [5.74, 6) is -2.64. The van der Waals surface area contributed by atoms with Crippen LogP contribution in [0.5, 0.6) is 0 Å². The molecule has 11 nitrogen and oxygen atoms in total. The maximum absolute atomic E-state index is 12.6. The van der Waals surface area contributed by atoms with Gasteiger partial charge in [-0.05, 0) is 38.1 Å². The molecule has 1 saturated heterocycles. The van der Waals surface area contributed by atoms with Crippen LogP contribution in [0.25, 0.3) is 0 Å². The number of nitrogens with one attached hydrogen (secondary N) is 1. The number of carbonyl (C=O) groups excluding carboxylic acids is 3. The fourth-order valence-electron chi connectivity index (χ4n) is 3.72. The molecule has 2 rings (SSSR count). The Bertz CT molecular complexity index is 850. The lowest BCUT2D eigenvalue weighted by Gasteiger charge is -2.46. The van der Waals surface area contributed by atoms with Crippen LogP contribution in [0.3, 0.4) is 0 Å². The third-order valence-electron chi connectivity index (χ3n) is 6.62. The van der Waals surface area contributed by atoms with Crippen molar-refractivity contribution < 1.29 is 47.2 Å². The van der Waals surface area contributed by atoms with Gasteiger partial charge in [0, 0.05) is 6.92 Å². The minimum Gasteiger partial charge on any atom is -0.478 e. The summed E-state index contributed by atoms with van der Waals surface area (Å²) in [5.41, 5.74) is 0. The van der Waals surface area contributed by atoms with Crippen LogP contribution in [0.15, 0.2) is 11.8 Å². The highest BCUT2D eigenvalue weighted by atomic mass is 28.4. The van der Waals surface area contributed by atoms with E-state index in [0.717, 1.165) is 0 Å². The van der Waals surface area contributed by atoms with Crippen molar-refractivity contribution in [3.05, 3.63) is 11.8 Å². The highest BCUT2D eigenvalue weighted by Crippen LogP contribution is 2.40. The standard InChI is InChI=1S/C24H41NO10Si/c1-14(26)25-19-15(35-36(9,10)23(2,3)4)11-16(22(28)30-8)33-21(19)20(31-13-18(27)29-7)17-12-32-24(5,6)34-17/h11,15,17,19-21H,12-13H2,1-10H3,(H,25,26). The maximum atomic E-state index is 12.6. The summed E-state index contributed by atoms with van der Waals surface area (Å²) in [6, 6.07) is -0.778. The van der Waals surface area contributed by atoms with Gasteiger partial charge in [-0.3, -0.25) is 4.79 Å². The van der Waals surface area contributed by atoms with Crippen LogP contribution in [-0.2, 0) is 47.2 Å². The largest absolute Gasteiger partial charge is 0.478 e. The number of methoxy groups -OCH3 is 2. The van der Waals surface area contributed by atoms with E-state index in [9.17, 15) is 14.4 Å². The summed E-state index contributed by atoms with van der Waals surface area (Å²) in [6.07, 6.45) is -1.84. The van der Waals surface area contributed by atoms with Gasteiger partial charge < -0.3 is 38.2 Å². The van der Waals surface area contributed by atoms with E-state index >= 15 is 0 Å². The topological polar surface area (TPSA) is 128 Å². The molecular weight excluding hydrogens is 490 g/mol. The number of amides is 1. The van der Waals surface area contributed by atoms with Gasteiger partial charge in [0.2, 0.25) is 11.7 Å². The molecule has 0 aromatic heterocycles. The van der Waals surface area contributed by atoms with Crippen molar-refractivity contribution in [2.75, 3.05) is 27.4 Å². The molecule has 0 aromatic carbocycles. The lowest BCUT2D eigenvalue weighted by molar-refractivity contribution is -0.187. The molecule has 0 radical (unpaired) electrons. The zero-order valence-corrected chi connectivity index (χ0v) is 24.0. The molecule has 2 aliphatic heterocycles. The minimum atomic E-state index is -2.40. The average molecular weight is 532 g/mol. The SMILES string of the molecule is COC(=O)COC(C1COC(C)(C)O1)C1OC(C(=O)OC)=CC(O[Si](C)(C)C(C)(C)C)C1NC(C)=O. The molecule has 2 aliphatic rings. The summed E-state index contributed by atoms with van der Waals surface area (Å²) in [7, 11) is 0.0951. The van der Waals surface area contributed by atoms with Gasteiger partial charge in [0.25, 0.3) is 0 Å². The van der Waals surface area contributed by atoms with E-state index in [2.05, 4.69) is 39.2 Å². The van der Waals surface area contributed by atoms with E-state index in [1.807, 2.05) is 0 Å². The van der Waals surface area contributed by atoms with Gasteiger partial charge in [-0.15, -0.1) is 0 Å². The van der Waals surface area contributed by atoms with Crippen molar-refractivity contribution in [3.63, 3.8) is 0 Å². The Hall–Kier alpha value is -1.99. The van der Waals surface area contributed by atoms with Gasteiger partial charge in [0.05, 0.1) is 33.0 Å². The van der Waals surface area contributed by atoms with Crippen LogP contribution in [0.4, 0.5) is 0 Å². The van der Waals surface area contributed by atoms with Crippen molar-refractivity contribution >= 4 is 26.2 Å². The maximum Gasteiger partial charge on any atom is 0.373 e. The molecular formula is C24H41NO10Si. The smallest absolute Gasteiger partial charge is 0.373 e. The lowest BCUT2D eigenvalue weighted by Crippen LogP contribution is -2.63. The molecule has 0 spiro atoms. The summed E-state index contributed by atoms with van der Waals surface area (Å²) in [5, 5.41) is 2.75. The second-order valence-electron chi connectivity index (χ2n) is 10.9. The number of esters is 2. The Morgan fingerprint density at radius 2 is 1.83 bits per heavy atom. The Morgan fingerprint density at radius 1 is 1.19 bits per heavy atom. The molecule has 0 bridgehead atoms. The summed E-state index contributed by atoms with van der Waals surface area (Å²) in [4.78, 5) is 36.8. The van der Waals surface area contributed by atoms with Gasteiger partial charge in [0.15, 0.2) is 20.2 Å². The molecule has 1 amide bonds. The van der Waals surface area contributed by atoms with Crippen LogP contribution in [0.1, 0.15) is 41.5 Å². The predicted octanol–water partition coefficient (Wildman–Crippen LogP) is 2.05. The van der Waals surface area contributed by atoms with E-state index in [1.54, 1.807) is 13.8 Å². The quantitative estimate of drug-likeness (QED) is 0.349. The Balaban J connectivity index is 2.56. The number of rotatable bonds is 9. The van der Waals surface area contributed by atoms with Gasteiger partial charge in [0.1, 0.15) is 18.8 Å². The summed E-state index contributed by atoms with van der Waals surface area (Å²) < 4.78 is 40.1. The normalized spacial score (nSPS) is 26.9. The fourth-order valence-corrected chi connectivity index (χ4v) is 4.97. The first-order valence-corrected chi connectivity index (χ1v) is 14.8. The molecule has 1 N–H and O–H groups in total. The van der Waals surface area contributed by atoms with E-state index in [4.69, 9.17) is 32.8 Å². The van der Waals surface area contributed by atoms with Gasteiger partial charge in [-0.1, -0.05) is 20.8 Å². The van der Waals surface area contributed by atoms with Crippen LogP contribution in [-0.4, -0.2) is 89.8 Å². The van der Waals surface area contributed by atoms with Gasteiger partial charge in [-0.25, -0.2) is 9.59 Å². The number of hydrogen-bond donors (Lipinski definition) is 1. The second-order valence-corrected chi connectivity index (χ2v) is 15.6. The molecule has 0 aromatic rings. The van der Waals surface area contributed by atoms with Crippen LogP contribution < -0.4 is 5.32 Å². The average Bonchev–Trinajstić information content (AvgIpc) is 3.12. The Morgan fingerprint density at radius 3 is 2.31 bits per heavy atom. The van der Waals surface area contributed by atoms with Gasteiger partial charge in [-0.2, -0.15) is 0 Å². The molecule has 2 heterocycles. The molecule has 206 valence electrons. The Labute approximate surface area is 214 Å². The number of hydrogen-bond acceptors (Lipinski definition) is 10. The van der Waals surface area contributed by atoms with Gasteiger partial charge >= 0.3 is 11.9 Å². The molecule has 5 atom stereocenters. The van der Waals surface area contributed by atoms with Crippen LogP contribution in [0, 0.1) is 0 Å². The first kappa shape index (κ1) is 30.2. The molecule has 0 saturated carbocycles. The van der Waals surface area contributed by atoms with E-state index in [0.29, 0.717) is 0 Å². The monoisotopic (exact) mass is 531 g/mol. The molecule has 36 heavy (non-hydrogen) atoms. The first-order valence-electron chi connectivity index (χ1n) is 11.9. The third-order valence-corrected chi connectivity index (χ3v) is 11.1. The second kappa shape index (κ2) is 11.6. The lowest BCUT2D eigenvalue weighted by atomic mass is 9.93. The molecule has 5 unspecified atom stereocenters. The third kappa shape index (κ3) is 7.51. The van der Waals surface area contributed by atoms with E-state index < -0.39 is 63.1 Å². The highest BCUT2D eigenvalue weighted by molar-refractivity contribution is 6.74. The minimum absolute atomic E-state index is 0.0855. The van der Waals surface area contributed by atoms with Crippen molar-refractivity contribution in [2.24, 2.45) is 0 Å². The molecule has 0 aliphatic carbocycles. The number of ether oxygens (including phenoxy) is 6. The van der Waals surface area contributed by atoms with Crippen molar-refractivity contribution in [1.82, 2.24) is 5.32 Å².